The molecule has 0 aliphatic carbocycles. The standard InChI is InChI=1S/C14H18N2O5S/c1-3-6-22(19,20)15-8-11-10-7-9(21-2)4-5-12(10)16-13(11)14(17)18/h4-5,7,15-16H,3,6,8H2,1-2H3,(H,17,18). The van der Waals surface area contributed by atoms with Crippen LogP contribution in [0.5, 0.6) is 5.75 Å². The first kappa shape index (κ1) is 16.3. The van der Waals surface area contributed by atoms with E-state index >= 15 is 0 Å². The van der Waals surface area contributed by atoms with Crippen molar-refractivity contribution in [3.8, 4) is 5.75 Å². The minimum Gasteiger partial charge on any atom is -0.497 e. The molecular formula is C14H18N2O5S. The first-order valence-corrected chi connectivity index (χ1v) is 8.42. The highest BCUT2D eigenvalue weighted by Gasteiger charge is 2.19. The van der Waals surface area contributed by atoms with E-state index < -0.39 is 16.0 Å². The Morgan fingerprint density at radius 3 is 2.73 bits per heavy atom. The smallest absolute Gasteiger partial charge is 0.352 e. The molecule has 0 bridgehead atoms. The molecule has 0 saturated carbocycles. The minimum absolute atomic E-state index is 0.00107. The van der Waals surface area contributed by atoms with Gasteiger partial charge in [-0.25, -0.2) is 17.9 Å². The monoisotopic (exact) mass is 326 g/mol. The third-order valence-corrected chi connectivity index (χ3v) is 4.80. The van der Waals surface area contributed by atoms with Gasteiger partial charge in [-0.3, -0.25) is 0 Å². The molecule has 0 radical (unpaired) electrons. The lowest BCUT2D eigenvalue weighted by Crippen LogP contribution is -2.26. The maximum atomic E-state index is 11.8. The molecule has 0 amide bonds. The van der Waals surface area contributed by atoms with Gasteiger partial charge in [0.05, 0.1) is 12.9 Å². The number of carboxylic acids is 1. The molecule has 3 N–H and O–H groups in total. The summed E-state index contributed by atoms with van der Waals surface area (Å²) in [5.41, 5.74) is 0.978. The predicted octanol–water partition coefficient (Wildman–Crippen LogP) is 1.70. The summed E-state index contributed by atoms with van der Waals surface area (Å²) in [7, 11) is -1.91. The van der Waals surface area contributed by atoms with E-state index in [4.69, 9.17) is 4.74 Å². The Morgan fingerprint density at radius 1 is 1.41 bits per heavy atom. The molecule has 2 rings (SSSR count). The number of H-pyrrole nitrogens is 1. The molecule has 8 heteroatoms. The van der Waals surface area contributed by atoms with Crippen LogP contribution < -0.4 is 9.46 Å². The van der Waals surface area contributed by atoms with Gasteiger partial charge in [0.2, 0.25) is 10.0 Å². The minimum atomic E-state index is -3.42. The van der Waals surface area contributed by atoms with Crippen molar-refractivity contribution in [2.45, 2.75) is 19.9 Å². The zero-order valence-corrected chi connectivity index (χ0v) is 13.2. The van der Waals surface area contributed by atoms with Gasteiger partial charge in [0.15, 0.2) is 0 Å². The van der Waals surface area contributed by atoms with Gasteiger partial charge in [-0.2, -0.15) is 0 Å². The van der Waals surface area contributed by atoms with E-state index in [1.807, 2.05) is 0 Å². The van der Waals surface area contributed by atoms with Gasteiger partial charge in [-0.05, 0) is 24.6 Å². The van der Waals surface area contributed by atoms with Gasteiger partial charge in [0, 0.05) is 23.0 Å². The van der Waals surface area contributed by atoms with Crippen molar-refractivity contribution in [1.82, 2.24) is 9.71 Å². The number of rotatable bonds is 7. The van der Waals surface area contributed by atoms with Crippen molar-refractivity contribution in [3.63, 3.8) is 0 Å². The van der Waals surface area contributed by atoms with Gasteiger partial charge < -0.3 is 14.8 Å². The normalized spacial score (nSPS) is 11.7. The van der Waals surface area contributed by atoms with E-state index in [9.17, 15) is 18.3 Å². The molecule has 0 aliphatic heterocycles. The largest absolute Gasteiger partial charge is 0.497 e. The van der Waals surface area contributed by atoms with Crippen molar-refractivity contribution in [3.05, 3.63) is 29.5 Å². The van der Waals surface area contributed by atoms with E-state index in [-0.39, 0.29) is 18.0 Å². The average Bonchev–Trinajstić information content (AvgIpc) is 2.83. The number of nitrogens with one attached hydrogen (secondary N) is 2. The number of carbonyl (C=O) groups is 1. The number of ether oxygens (including phenoxy) is 1. The van der Waals surface area contributed by atoms with Gasteiger partial charge >= 0.3 is 5.97 Å². The number of carboxylic acid groups (broad SMARTS) is 1. The van der Waals surface area contributed by atoms with Crippen LogP contribution in [0.3, 0.4) is 0 Å². The predicted molar refractivity (Wildman–Crippen MR) is 82.7 cm³/mol. The quantitative estimate of drug-likeness (QED) is 0.717. The number of aromatic carboxylic acids is 1. The Kier molecular flexibility index (Phi) is 4.72. The number of aromatic nitrogens is 1. The molecule has 0 atom stereocenters. The lowest BCUT2D eigenvalue weighted by Gasteiger charge is -2.06. The molecular weight excluding hydrogens is 308 g/mol. The van der Waals surface area contributed by atoms with Crippen LogP contribution in [0.1, 0.15) is 29.4 Å². The number of benzene rings is 1. The topological polar surface area (TPSA) is 108 Å². The van der Waals surface area contributed by atoms with Gasteiger partial charge in [-0.1, -0.05) is 6.92 Å². The third kappa shape index (κ3) is 3.40. The molecule has 1 heterocycles. The van der Waals surface area contributed by atoms with Crippen LogP contribution in [0, 0.1) is 0 Å². The Morgan fingerprint density at radius 2 is 2.14 bits per heavy atom. The van der Waals surface area contributed by atoms with Gasteiger partial charge in [-0.15, -0.1) is 0 Å². The summed E-state index contributed by atoms with van der Waals surface area (Å²) >= 11 is 0. The fourth-order valence-electron chi connectivity index (χ4n) is 2.24. The second-order valence-electron chi connectivity index (χ2n) is 4.84. The van der Waals surface area contributed by atoms with Crippen LogP contribution >= 0.6 is 0 Å². The molecule has 120 valence electrons. The fourth-order valence-corrected chi connectivity index (χ4v) is 3.29. The molecule has 22 heavy (non-hydrogen) atoms. The van der Waals surface area contributed by atoms with Crippen LogP contribution in [0.15, 0.2) is 18.2 Å². The maximum absolute atomic E-state index is 11.8. The Hall–Kier alpha value is -2.06. The molecule has 1 aromatic carbocycles. The highest BCUT2D eigenvalue weighted by molar-refractivity contribution is 7.89. The first-order valence-electron chi connectivity index (χ1n) is 6.77. The zero-order valence-electron chi connectivity index (χ0n) is 12.3. The summed E-state index contributed by atoms with van der Waals surface area (Å²) in [5.74, 6) is -0.567. The van der Waals surface area contributed by atoms with Crippen molar-refractivity contribution < 1.29 is 23.1 Å². The SMILES string of the molecule is CCCS(=O)(=O)NCc1c(C(=O)O)[nH]c2ccc(OC)cc12. The molecule has 0 aliphatic rings. The Bertz CT molecular complexity index is 795. The molecule has 0 spiro atoms. The highest BCUT2D eigenvalue weighted by Crippen LogP contribution is 2.27. The summed E-state index contributed by atoms with van der Waals surface area (Å²) in [6, 6.07) is 5.09. The van der Waals surface area contributed by atoms with Crippen molar-refractivity contribution in [2.75, 3.05) is 12.9 Å². The van der Waals surface area contributed by atoms with Crippen LogP contribution in [-0.4, -0.2) is 37.3 Å². The zero-order chi connectivity index (χ0) is 16.3. The molecule has 1 aromatic heterocycles. The lowest BCUT2D eigenvalue weighted by molar-refractivity contribution is 0.0690. The van der Waals surface area contributed by atoms with Gasteiger partial charge in [0.25, 0.3) is 0 Å². The summed E-state index contributed by atoms with van der Waals surface area (Å²) < 4.78 is 31.1. The van der Waals surface area contributed by atoms with Crippen LogP contribution in [-0.2, 0) is 16.6 Å². The number of fused-ring (bicyclic) bond motifs is 1. The first-order chi connectivity index (χ1) is 10.4. The Labute approximate surface area is 128 Å². The summed E-state index contributed by atoms with van der Waals surface area (Å²) in [5, 5.41) is 9.91. The van der Waals surface area contributed by atoms with Crippen LogP contribution in [0.25, 0.3) is 10.9 Å². The van der Waals surface area contributed by atoms with Crippen molar-refractivity contribution >= 4 is 26.9 Å². The van der Waals surface area contributed by atoms with E-state index in [1.165, 1.54) is 7.11 Å². The number of aromatic amines is 1. The number of hydrogen-bond acceptors (Lipinski definition) is 4. The lowest BCUT2D eigenvalue weighted by atomic mass is 10.1. The van der Waals surface area contributed by atoms with Crippen LogP contribution in [0.2, 0.25) is 0 Å². The summed E-state index contributed by atoms with van der Waals surface area (Å²) in [4.78, 5) is 14.1. The third-order valence-electron chi connectivity index (χ3n) is 3.27. The maximum Gasteiger partial charge on any atom is 0.352 e. The molecule has 2 aromatic rings. The summed E-state index contributed by atoms with van der Waals surface area (Å²) in [6.07, 6.45) is 0.489. The molecule has 0 unspecified atom stereocenters. The number of methoxy groups -OCH3 is 1. The van der Waals surface area contributed by atoms with E-state index in [0.717, 1.165) is 0 Å². The van der Waals surface area contributed by atoms with Gasteiger partial charge in [0.1, 0.15) is 11.4 Å². The van der Waals surface area contributed by atoms with E-state index in [0.29, 0.717) is 28.6 Å². The summed E-state index contributed by atoms with van der Waals surface area (Å²) in [6.45, 7) is 1.68. The second kappa shape index (κ2) is 6.37. The van der Waals surface area contributed by atoms with E-state index in [2.05, 4.69) is 9.71 Å². The van der Waals surface area contributed by atoms with E-state index in [1.54, 1.807) is 25.1 Å². The van der Waals surface area contributed by atoms with Crippen molar-refractivity contribution in [1.29, 1.82) is 0 Å². The second-order valence-corrected chi connectivity index (χ2v) is 6.76. The molecule has 7 nitrogen and oxygen atoms in total. The Balaban J connectivity index is 2.45. The molecule has 0 saturated heterocycles. The highest BCUT2D eigenvalue weighted by atomic mass is 32.2. The molecule has 0 fully saturated rings. The fraction of sp³-hybridized carbons (Fsp3) is 0.357. The van der Waals surface area contributed by atoms with Crippen LogP contribution in [0.4, 0.5) is 0 Å². The number of hydrogen-bond donors (Lipinski definition) is 3. The number of sulfonamides is 1. The van der Waals surface area contributed by atoms with Crippen molar-refractivity contribution in [2.24, 2.45) is 0 Å². The average molecular weight is 326 g/mol.